The van der Waals surface area contributed by atoms with Crippen molar-refractivity contribution in [3.8, 4) is 0 Å². The average Bonchev–Trinajstić information content (AvgIpc) is 3.10. The third-order valence-corrected chi connectivity index (χ3v) is 3.75. The van der Waals surface area contributed by atoms with Crippen LogP contribution < -0.4 is 5.32 Å². The molecule has 98 valence electrons. The van der Waals surface area contributed by atoms with Gasteiger partial charge in [0.2, 0.25) is 5.91 Å². The van der Waals surface area contributed by atoms with Crippen LogP contribution in [0.1, 0.15) is 18.4 Å². The van der Waals surface area contributed by atoms with Crippen molar-refractivity contribution >= 4 is 17.5 Å². The normalized spacial score (nSPS) is 16.7. The van der Waals surface area contributed by atoms with E-state index in [-0.39, 0.29) is 11.3 Å². The molecule has 1 N–H and O–H groups in total. The lowest BCUT2D eigenvalue weighted by Crippen LogP contribution is -2.38. The zero-order valence-electron chi connectivity index (χ0n) is 10.9. The minimum atomic E-state index is -0.370. The second kappa shape index (κ2) is 5.29. The minimum absolute atomic E-state index is 0.109. The van der Waals surface area contributed by atoms with Crippen LogP contribution >= 0.6 is 11.6 Å². The minimum Gasteiger partial charge on any atom is -0.354 e. The Bertz CT molecular complexity index is 441. The van der Waals surface area contributed by atoms with Crippen molar-refractivity contribution in [2.75, 3.05) is 27.2 Å². The maximum absolute atomic E-state index is 12.3. The number of benzene rings is 1. The molecule has 0 aromatic heterocycles. The van der Waals surface area contributed by atoms with Crippen LogP contribution in [-0.2, 0) is 10.2 Å². The largest absolute Gasteiger partial charge is 0.354 e. The summed E-state index contributed by atoms with van der Waals surface area (Å²) in [5.41, 5.74) is 0.596. The Morgan fingerprint density at radius 3 is 2.61 bits per heavy atom. The summed E-state index contributed by atoms with van der Waals surface area (Å²) in [6, 6.07) is 7.64. The Morgan fingerprint density at radius 1 is 1.39 bits per heavy atom. The number of rotatable bonds is 5. The van der Waals surface area contributed by atoms with Gasteiger partial charge in [-0.1, -0.05) is 29.8 Å². The van der Waals surface area contributed by atoms with Gasteiger partial charge in [-0.15, -0.1) is 0 Å². The first-order chi connectivity index (χ1) is 8.56. The molecule has 1 amide bonds. The number of halogens is 1. The molecule has 0 atom stereocenters. The molecule has 0 bridgehead atoms. The predicted octanol–water partition coefficient (Wildman–Crippen LogP) is 2.05. The van der Waals surface area contributed by atoms with E-state index in [1.54, 1.807) is 0 Å². The van der Waals surface area contributed by atoms with Crippen LogP contribution in [0.4, 0.5) is 0 Å². The monoisotopic (exact) mass is 266 g/mol. The van der Waals surface area contributed by atoms with Crippen LogP contribution in [0.5, 0.6) is 0 Å². The van der Waals surface area contributed by atoms with Gasteiger partial charge in [-0.3, -0.25) is 4.79 Å². The number of amides is 1. The number of nitrogens with zero attached hydrogens (tertiary/aromatic N) is 1. The second-order valence-corrected chi connectivity index (χ2v) is 5.53. The fourth-order valence-electron chi connectivity index (χ4n) is 2.16. The van der Waals surface area contributed by atoms with Crippen LogP contribution in [0.15, 0.2) is 24.3 Å². The summed E-state index contributed by atoms with van der Waals surface area (Å²) in [7, 11) is 3.99. The lowest BCUT2D eigenvalue weighted by atomic mass is 9.95. The number of nitrogens with one attached hydrogen (secondary N) is 1. The second-order valence-electron chi connectivity index (χ2n) is 5.12. The molecule has 0 spiro atoms. The smallest absolute Gasteiger partial charge is 0.230 e. The van der Waals surface area contributed by atoms with Crippen LogP contribution in [0.2, 0.25) is 5.02 Å². The maximum Gasteiger partial charge on any atom is 0.230 e. The molecule has 1 aliphatic carbocycles. The summed E-state index contributed by atoms with van der Waals surface area (Å²) in [6.45, 7) is 1.53. The van der Waals surface area contributed by atoms with Crippen molar-refractivity contribution < 1.29 is 4.79 Å². The highest BCUT2D eigenvalue weighted by Crippen LogP contribution is 2.50. The van der Waals surface area contributed by atoms with Gasteiger partial charge in [0.25, 0.3) is 0 Å². The van der Waals surface area contributed by atoms with Gasteiger partial charge in [-0.2, -0.15) is 0 Å². The SMILES string of the molecule is CN(C)CCNC(=O)C1(c2ccccc2Cl)CC1. The lowest BCUT2D eigenvalue weighted by molar-refractivity contribution is -0.123. The molecule has 4 heteroatoms. The molecule has 1 fully saturated rings. The first kappa shape index (κ1) is 13.4. The summed E-state index contributed by atoms with van der Waals surface area (Å²) in [6.07, 6.45) is 1.79. The van der Waals surface area contributed by atoms with E-state index in [4.69, 9.17) is 11.6 Å². The standard InChI is InChI=1S/C14H19ClN2O/c1-17(2)10-9-16-13(18)14(7-8-14)11-5-3-4-6-12(11)15/h3-6H,7-10H2,1-2H3,(H,16,18). The molecule has 0 unspecified atom stereocenters. The predicted molar refractivity (Wildman–Crippen MR) is 73.9 cm³/mol. The Kier molecular flexibility index (Phi) is 3.93. The van der Waals surface area contributed by atoms with Crippen molar-refractivity contribution in [2.24, 2.45) is 0 Å². The van der Waals surface area contributed by atoms with Gasteiger partial charge in [0.15, 0.2) is 0 Å². The molecule has 2 rings (SSSR count). The van der Waals surface area contributed by atoms with Crippen molar-refractivity contribution in [1.29, 1.82) is 0 Å². The van der Waals surface area contributed by atoms with Gasteiger partial charge in [-0.05, 0) is 38.6 Å². The van der Waals surface area contributed by atoms with Gasteiger partial charge in [0.05, 0.1) is 5.41 Å². The Morgan fingerprint density at radius 2 is 2.06 bits per heavy atom. The van der Waals surface area contributed by atoms with Crippen LogP contribution in [0.25, 0.3) is 0 Å². The topological polar surface area (TPSA) is 32.3 Å². The third-order valence-electron chi connectivity index (χ3n) is 3.42. The number of likely N-dealkylation sites (N-methyl/N-ethyl adjacent to an activating group) is 1. The van der Waals surface area contributed by atoms with Gasteiger partial charge in [0, 0.05) is 18.1 Å². The number of hydrogen-bond donors (Lipinski definition) is 1. The Hall–Kier alpha value is -1.06. The molecule has 0 saturated heterocycles. The zero-order valence-corrected chi connectivity index (χ0v) is 11.6. The molecule has 0 heterocycles. The Balaban J connectivity index is 2.04. The lowest BCUT2D eigenvalue weighted by Gasteiger charge is -2.18. The quantitative estimate of drug-likeness (QED) is 0.885. The molecular formula is C14H19ClN2O. The van der Waals surface area contributed by atoms with Crippen molar-refractivity contribution in [3.05, 3.63) is 34.9 Å². The first-order valence-corrected chi connectivity index (χ1v) is 6.62. The number of hydrogen-bond acceptors (Lipinski definition) is 2. The fourth-order valence-corrected chi connectivity index (χ4v) is 2.47. The third kappa shape index (κ3) is 2.68. The molecule has 1 aromatic carbocycles. The van der Waals surface area contributed by atoms with E-state index in [9.17, 15) is 4.79 Å². The number of carbonyl (C=O) groups is 1. The molecule has 1 aromatic rings. The van der Waals surface area contributed by atoms with Gasteiger partial charge >= 0.3 is 0 Å². The van der Waals surface area contributed by atoms with Crippen LogP contribution in [-0.4, -0.2) is 38.0 Å². The van der Waals surface area contributed by atoms with Gasteiger partial charge < -0.3 is 10.2 Å². The Labute approximate surface area is 113 Å². The van der Waals surface area contributed by atoms with Crippen molar-refractivity contribution in [1.82, 2.24) is 10.2 Å². The zero-order chi connectivity index (χ0) is 13.2. The first-order valence-electron chi connectivity index (χ1n) is 6.24. The van der Waals surface area contributed by atoms with E-state index in [0.717, 1.165) is 24.9 Å². The molecule has 3 nitrogen and oxygen atoms in total. The van der Waals surface area contributed by atoms with Crippen LogP contribution in [0.3, 0.4) is 0 Å². The highest BCUT2D eigenvalue weighted by Gasteiger charge is 2.52. The maximum atomic E-state index is 12.3. The number of carbonyl (C=O) groups excluding carboxylic acids is 1. The summed E-state index contributed by atoms with van der Waals surface area (Å²) < 4.78 is 0. The van der Waals surface area contributed by atoms with Gasteiger partial charge in [-0.25, -0.2) is 0 Å². The van der Waals surface area contributed by atoms with Crippen LogP contribution in [0, 0.1) is 0 Å². The van der Waals surface area contributed by atoms with Gasteiger partial charge in [0.1, 0.15) is 0 Å². The van der Waals surface area contributed by atoms with E-state index in [2.05, 4.69) is 10.2 Å². The van der Waals surface area contributed by atoms with E-state index >= 15 is 0 Å². The summed E-state index contributed by atoms with van der Waals surface area (Å²) in [5.74, 6) is 0.109. The average molecular weight is 267 g/mol. The summed E-state index contributed by atoms with van der Waals surface area (Å²) in [5, 5.41) is 3.70. The molecular weight excluding hydrogens is 248 g/mol. The fraction of sp³-hybridized carbons (Fsp3) is 0.500. The highest BCUT2D eigenvalue weighted by atomic mass is 35.5. The van der Waals surface area contributed by atoms with E-state index in [0.29, 0.717) is 11.6 Å². The molecule has 0 aliphatic heterocycles. The molecule has 1 saturated carbocycles. The van der Waals surface area contributed by atoms with E-state index < -0.39 is 0 Å². The summed E-state index contributed by atoms with van der Waals surface area (Å²) >= 11 is 6.19. The van der Waals surface area contributed by atoms with Crippen molar-refractivity contribution in [3.63, 3.8) is 0 Å². The van der Waals surface area contributed by atoms with E-state index in [1.165, 1.54) is 0 Å². The molecule has 18 heavy (non-hydrogen) atoms. The molecule has 0 radical (unpaired) electrons. The van der Waals surface area contributed by atoms with Crippen molar-refractivity contribution in [2.45, 2.75) is 18.3 Å². The van der Waals surface area contributed by atoms with E-state index in [1.807, 2.05) is 38.4 Å². The highest BCUT2D eigenvalue weighted by molar-refractivity contribution is 6.31. The summed E-state index contributed by atoms with van der Waals surface area (Å²) in [4.78, 5) is 14.3. The molecule has 1 aliphatic rings.